The smallest absolute Gasteiger partial charge is 0.230 e. The number of rotatable bonds is 7. The SMILES string of the molecule is COCCNC(=O)CSc1cc(N2CCCCC2)ncn1. The van der Waals surface area contributed by atoms with E-state index in [1.807, 2.05) is 6.07 Å². The first-order valence-corrected chi connectivity index (χ1v) is 8.23. The maximum absolute atomic E-state index is 11.6. The summed E-state index contributed by atoms with van der Waals surface area (Å²) in [4.78, 5) is 22.5. The van der Waals surface area contributed by atoms with Crippen molar-refractivity contribution in [2.75, 3.05) is 44.0 Å². The molecule has 1 saturated heterocycles. The fourth-order valence-electron chi connectivity index (χ4n) is 2.19. The molecule has 1 aromatic heterocycles. The average molecular weight is 310 g/mol. The molecule has 0 saturated carbocycles. The van der Waals surface area contributed by atoms with Crippen LogP contribution in [0.3, 0.4) is 0 Å². The molecule has 1 fully saturated rings. The number of anilines is 1. The van der Waals surface area contributed by atoms with Crippen LogP contribution < -0.4 is 10.2 Å². The van der Waals surface area contributed by atoms with Crippen LogP contribution in [0.1, 0.15) is 19.3 Å². The van der Waals surface area contributed by atoms with Crippen molar-refractivity contribution in [2.24, 2.45) is 0 Å². The Morgan fingerprint density at radius 2 is 2.19 bits per heavy atom. The van der Waals surface area contributed by atoms with Crippen molar-refractivity contribution in [2.45, 2.75) is 24.3 Å². The van der Waals surface area contributed by atoms with Gasteiger partial charge in [-0.05, 0) is 19.3 Å². The van der Waals surface area contributed by atoms with Gasteiger partial charge in [-0.3, -0.25) is 4.79 Å². The van der Waals surface area contributed by atoms with Crippen molar-refractivity contribution in [3.8, 4) is 0 Å². The molecule has 6 nitrogen and oxygen atoms in total. The molecule has 1 aliphatic heterocycles. The lowest BCUT2D eigenvalue weighted by molar-refractivity contribution is -0.118. The van der Waals surface area contributed by atoms with E-state index in [4.69, 9.17) is 4.74 Å². The van der Waals surface area contributed by atoms with Gasteiger partial charge in [0.15, 0.2) is 0 Å². The Morgan fingerprint density at radius 1 is 1.38 bits per heavy atom. The lowest BCUT2D eigenvalue weighted by Crippen LogP contribution is -2.30. The molecule has 0 aromatic carbocycles. The predicted molar refractivity (Wildman–Crippen MR) is 83.7 cm³/mol. The van der Waals surface area contributed by atoms with Crippen LogP contribution in [-0.4, -0.2) is 55.0 Å². The van der Waals surface area contributed by atoms with Crippen LogP contribution in [0.15, 0.2) is 17.4 Å². The van der Waals surface area contributed by atoms with Crippen molar-refractivity contribution in [1.82, 2.24) is 15.3 Å². The van der Waals surface area contributed by atoms with Crippen molar-refractivity contribution < 1.29 is 9.53 Å². The minimum atomic E-state index is -0.00446. The van der Waals surface area contributed by atoms with Crippen LogP contribution in [-0.2, 0) is 9.53 Å². The van der Waals surface area contributed by atoms with E-state index in [-0.39, 0.29) is 5.91 Å². The van der Waals surface area contributed by atoms with Crippen molar-refractivity contribution in [3.05, 3.63) is 12.4 Å². The van der Waals surface area contributed by atoms with Gasteiger partial charge in [-0.2, -0.15) is 0 Å². The fraction of sp³-hybridized carbons (Fsp3) is 0.643. The normalized spacial score (nSPS) is 15.0. The monoisotopic (exact) mass is 310 g/mol. The Bertz CT molecular complexity index is 452. The Morgan fingerprint density at radius 3 is 2.95 bits per heavy atom. The molecule has 2 rings (SSSR count). The van der Waals surface area contributed by atoms with Gasteiger partial charge < -0.3 is 15.0 Å². The van der Waals surface area contributed by atoms with Gasteiger partial charge in [-0.15, -0.1) is 0 Å². The number of piperidine rings is 1. The number of hydrogen-bond donors (Lipinski definition) is 1. The van der Waals surface area contributed by atoms with Crippen LogP contribution in [0, 0.1) is 0 Å². The second kappa shape index (κ2) is 8.84. The summed E-state index contributed by atoms with van der Waals surface area (Å²) in [6, 6.07) is 1.97. The summed E-state index contributed by atoms with van der Waals surface area (Å²) in [6.07, 6.45) is 5.31. The molecule has 1 aromatic rings. The highest BCUT2D eigenvalue weighted by Crippen LogP contribution is 2.22. The van der Waals surface area contributed by atoms with Crippen molar-refractivity contribution >= 4 is 23.5 Å². The third-order valence-corrected chi connectivity index (χ3v) is 4.21. The highest BCUT2D eigenvalue weighted by molar-refractivity contribution is 7.99. The van der Waals surface area contributed by atoms with E-state index >= 15 is 0 Å². The van der Waals surface area contributed by atoms with Crippen molar-refractivity contribution in [3.63, 3.8) is 0 Å². The molecule has 1 N–H and O–H groups in total. The zero-order chi connectivity index (χ0) is 14.9. The van der Waals surface area contributed by atoms with E-state index < -0.39 is 0 Å². The van der Waals surface area contributed by atoms with Crippen LogP contribution in [0.4, 0.5) is 5.82 Å². The van der Waals surface area contributed by atoms with Crippen LogP contribution >= 0.6 is 11.8 Å². The van der Waals surface area contributed by atoms with Crippen molar-refractivity contribution in [1.29, 1.82) is 0 Å². The fourth-order valence-corrected chi connectivity index (χ4v) is 2.88. The molecule has 0 radical (unpaired) electrons. The van der Waals surface area contributed by atoms with Crippen LogP contribution in [0.2, 0.25) is 0 Å². The quantitative estimate of drug-likeness (QED) is 0.465. The molecule has 0 spiro atoms. The number of nitrogens with one attached hydrogen (secondary N) is 1. The molecule has 0 bridgehead atoms. The van der Waals surface area contributed by atoms with Gasteiger partial charge in [0, 0.05) is 32.8 Å². The molecule has 116 valence electrons. The molecular weight excluding hydrogens is 288 g/mol. The summed E-state index contributed by atoms with van der Waals surface area (Å²) in [5.74, 6) is 1.32. The molecule has 2 heterocycles. The highest BCUT2D eigenvalue weighted by atomic mass is 32.2. The first-order valence-electron chi connectivity index (χ1n) is 7.25. The first-order chi connectivity index (χ1) is 10.3. The minimum absolute atomic E-state index is 0.00446. The van der Waals surface area contributed by atoms with Gasteiger partial charge in [0.05, 0.1) is 12.4 Å². The standard InChI is InChI=1S/C14H22N4O2S/c1-20-8-5-15-13(19)10-21-14-9-12(16-11-17-14)18-6-3-2-4-7-18/h9,11H,2-8,10H2,1H3,(H,15,19). The lowest BCUT2D eigenvalue weighted by atomic mass is 10.1. The molecule has 1 aliphatic rings. The van der Waals surface area contributed by atoms with E-state index in [9.17, 15) is 4.79 Å². The second-order valence-electron chi connectivity index (χ2n) is 4.89. The Labute approximate surface area is 129 Å². The van der Waals surface area contributed by atoms with Gasteiger partial charge in [-0.25, -0.2) is 9.97 Å². The van der Waals surface area contributed by atoms with Gasteiger partial charge >= 0.3 is 0 Å². The van der Waals surface area contributed by atoms with Gasteiger partial charge in [0.2, 0.25) is 5.91 Å². The number of methoxy groups -OCH3 is 1. The third-order valence-electron chi connectivity index (χ3n) is 3.29. The molecule has 0 aliphatic carbocycles. The Kier molecular flexibility index (Phi) is 6.75. The number of thioether (sulfide) groups is 1. The maximum Gasteiger partial charge on any atom is 0.230 e. The summed E-state index contributed by atoms with van der Waals surface area (Å²) in [6.45, 7) is 3.18. The first kappa shape index (κ1) is 16.0. The number of nitrogens with zero attached hydrogens (tertiary/aromatic N) is 3. The third kappa shape index (κ3) is 5.51. The maximum atomic E-state index is 11.6. The molecule has 21 heavy (non-hydrogen) atoms. The summed E-state index contributed by atoms with van der Waals surface area (Å²) in [7, 11) is 1.61. The van der Waals surface area contributed by atoms with Gasteiger partial charge in [0.25, 0.3) is 0 Å². The second-order valence-corrected chi connectivity index (χ2v) is 5.89. The van der Waals surface area contributed by atoms with Gasteiger partial charge in [-0.1, -0.05) is 11.8 Å². The largest absolute Gasteiger partial charge is 0.383 e. The lowest BCUT2D eigenvalue weighted by Gasteiger charge is -2.27. The average Bonchev–Trinajstić information content (AvgIpc) is 2.54. The number of aromatic nitrogens is 2. The number of carbonyl (C=O) groups is 1. The minimum Gasteiger partial charge on any atom is -0.383 e. The van der Waals surface area contributed by atoms with E-state index in [0.717, 1.165) is 23.9 Å². The number of hydrogen-bond acceptors (Lipinski definition) is 6. The number of amides is 1. The summed E-state index contributed by atoms with van der Waals surface area (Å²) < 4.78 is 4.89. The molecule has 0 atom stereocenters. The topological polar surface area (TPSA) is 67.3 Å². The zero-order valence-corrected chi connectivity index (χ0v) is 13.2. The molecule has 0 unspecified atom stereocenters. The summed E-state index contributed by atoms with van der Waals surface area (Å²) in [5.41, 5.74) is 0. The van der Waals surface area contributed by atoms with E-state index in [1.54, 1.807) is 13.4 Å². The van der Waals surface area contributed by atoms with Gasteiger partial charge in [0.1, 0.15) is 17.2 Å². The number of ether oxygens (including phenoxy) is 1. The Balaban J connectivity index is 1.81. The van der Waals surface area contributed by atoms with E-state index in [0.29, 0.717) is 18.9 Å². The van der Waals surface area contributed by atoms with E-state index in [1.165, 1.54) is 31.0 Å². The molecular formula is C14H22N4O2S. The van der Waals surface area contributed by atoms with E-state index in [2.05, 4.69) is 20.2 Å². The van der Waals surface area contributed by atoms with Crippen LogP contribution in [0.25, 0.3) is 0 Å². The number of carbonyl (C=O) groups excluding carboxylic acids is 1. The predicted octanol–water partition coefficient (Wildman–Crippen LogP) is 1.32. The van der Waals surface area contributed by atoms with Crippen LogP contribution in [0.5, 0.6) is 0 Å². The summed E-state index contributed by atoms with van der Waals surface area (Å²) >= 11 is 1.43. The summed E-state index contributed by atoms with van der Waals surface area (Å²) in [5, 5.41) is 3.63. The zero-order valence-electron chi connectivity index (χ0n) is 12.4. The molecule has 7 heteroatoms. The highest BCUT2D eigenvalue weighted by Gasteiger charge is 2.13. The molecule has 1 amide bonds. The Hall–Kier alpha value is -1.34.